The summed E-state index contributed by atoms with van der Waals surface area (Å²) >= 11 is 0. The molecule has 1 aromatic rings. The molecule has 0 spiro atoms. The smallest absolute Gasteiger partial charge is 0.222 e. The Morgan fingerprint density at radius 3 is 2.79 bits per heavy atom. The third-order valence-electron chi connectivity index (χ3n) is 4.00. The van der Waals surface area contributed by atoms with Gasteiger partial charge in [-0.25, -0.2) is 0 Å². The first kappa shape index (κ1) is 14.1. The molecule has 0 aromatic carbocycles. The number of carbonyl (C=O) groups excluding carboxylic acids is 1. The standard InChI is InChI=1S/C14H23N3O2/c1-10-13(11(2)16(3)15-10)6-7-14(19)17-8-4-5-12(18)9-17/h12,18H,4-9H2,1-3H3. The number of aliphatic hydroxyl groups is 1. The van der Waals surface area contributed by atoms with Crippen molar-refractivity contribution in [3.05, 3.63) is 17.0 Å². The van der Waals surface area contributed by atoms with Crippen LogP contribution in [0.3, 0.4) is 0 Å². The highest BCUT2D eigenvalue weighted by molar-refractivity contribution is 5.76. The van der Waals surface area contributed by atoms with Crippen LogP contribution in [0.5, 0.6) is 0 Å². The summed E-state index contributed by atoms with van der Waals surface area (Å²) in [5, 5.41) is 14.0. The molecule has 0 bridgehead atoms. The molecule has 1 aliphatic rings. The van der Waals surface area contributed by atoms with Gasteiger partial charge in [-0.2, -0.15) is 5.10 Å². The summed E-state index contributed by atoms with van der Waals surface area (Å²) in [6, 6.07) is 0. The van der Waals surface area contributed by atoms with Crippen LogP contribution in [0, 0.1) is 13.8 Å². The van der Waals surface area contributed by atoms with Crippen molar-refractivity contribution in [2.45, 2.75) is 45.6 Å². The Hall–Kier alpha value is -1.36. The SMILES string of the molecule is Cc1nn(C)c(C)c1CCC(=O)N1CCCC(O)C1. The van der Waals surface area contributed by atoms with Crippen LogP contribution in [0.1, 0.15) is 36.2 Å². The van der Waals surface area contributed by atoms with Crippen molar-refractivity contribution in [1.29, 1.82) is 0 Å². The van der Waals surface area contributed by atoms with E-state index in [0.29, 0.717) is 13.0 Å². The largest absolute Gasteiger partial charge is 0.391 e. The molecule has 2 heterocycles. The molecule has 1 aliphatic heterocycles. The van der Waals surface area contributed by atoms with Gasteiger partial charge in [0.05, 0.1) is 11.8 Å². The lowest BCUT2D eigenvalue weighted by molar-refractivity contribution is -0.134. The number of β-amino-alcohol motifs (C(OH)–C–C–N with tert-alkyl or cyclic N) is 1. The van der Waals surface area contributed by atoms with E-state index in [4.69, 9.17) is 0 Å². The van der Waals surface area contributed by atoms with Crippen molar-refractivity contribution in [3.63, 3.8) is 0 Å². The fraction of sp³-hybridized carbons (Fsp3) is 0.714. The van der Waals surface area contributed by atoms with Crippen LogP contribution in [0.25, 0.3) is 0 Å². The molecule has 1 saturated heterocycles. The molecule has 1 atom stereocenters. The predicted octanol–water partition coefficient (Wildman–Crippen LogP) is 0.953. The summed E-state index contributed by atoms with van der Waals surface area (Å²) in [7, 11) is 1.93. The summed E-state index contributed by atoms with van der Waals surface area (Å²) in [6.07, 6.45) is 2.60. The van der Waals surface area contributed by atoms with Crippen LogP contribution in [0.2, 0.25) is 0 Å². The van der Waals surface area contributed by atoms with E-state index in [1.54, 1.807) is 4.90 Å². The molecule has 1 N–H and O–H groups in total. The number of hydrogen-bond donors (Lipinski definition) is 1. The Balaban J connectivity index is 1.93. The molecule has 106 valence electrons. The summed E-state index contributed by atoms with van der Waals surface area (Å²) in [5.41, 5.74) is 3.31. The van der Waals surface area contributed by atoms with E-state index in [2.05, 4.69) is 5.10 Å². The van der Waals surface area contributed by atoms with Crippen molar-refractivity contribution >= 4 is 5.91 Å². The minimum absolute atomic E-state index is 0.140. The number of hydrogen-bond acceptors (Lipinski definition) is 3. The van der Waals surface area contributed by atoms with E-state index in [0.717, 1.165) is 37.2 Å². The Morgan fingerprint density at radius 2 is 2.21 bits per heavy atom. The number of carbonyl (C=O) groups is 1. The molecular weight excluding hydrogens is 242 g/mol. The second-order valence-electron chi connectivity index (χ2n) is 5.41. The quantitative estimate of drug-likeness (QED) is 0.885. The van der Waals surface area contributed by atoms with Crippen LogP contribution in [0.4, 0.5) is 0 Å². The normalized spacial score (nSPS) is 19.8. The maximum Gasteiger partial charge on any atom is 0.222 e. The van der Waals surface area contributed by atoms with E-state index in [-0.39, 0.29) is 12.0 Å². The monoisotopic (exact) mass is 265 g/mol. The van der Waals surface area contributed by atoms with Crippen LogP contribution in [-0.4, -0.2) is 44.9 Å². The third kappa shape index (κ3) is 3.15. The summed E-state index contributed by atoms with van der Waals surface area (Å²) in [5.74, 6) is 0.140. The molecular formula is C14H23N3O2. The van der Waals surface area contributed by atoms with Gasteiger partial charge in [-0.3, -0.25) is 9.48 Å². The molecule has 1 fully saturated rings. The number of aromatic nitrogens is 2. The van der Waals surface area contributed by atoms with Gasteiger partial charge in [-0.1, -0.05) is 0 Å². The molecule has 5 nitrogen and oxygen atoms in total. The van der Waals surface area contributed by atoms with E-state index >= 15 is 0 Å². The van der Waals surface area contributed by atoms with Crippen molar-refractivity contribution in [1.82, 2.24) is 14.7 Å². The first-order valence-electron chi connectivity index (χ1n) is 6.94. The number of nitrogens with zero attached hydrogens (tertiary/aromatic N) is 3. The highest BCUT2D eigenvalue weighted by Crippen LogP contribution is 2.16. The van der Waals surface area contributed by atoms with Gasteiger partial charge in [0.1, 0.15) is 0 Å². The second-order valence-corrected chi connectivity index (χ2v) is 5.41. The number of aliphatic hydroxyl groups excluding tert-OH is 1. The number of rotatable bonds is 3. The van der Waals surface area contributed by atoms with Gasteiger partial charge in [-0.15, -0.1) is 0 Å². The highest BCUT2D eigenvalue weighted by atomic mass is 16.3. The van der Waals surface area contributed by atoms with Gasteiger partial charge in [0.25, 0.3) is 0 Å². The van der Waals surface area contributed by atoms with E-state index in [1.165, 1.54) is 5.56 Å². The molecule has 2 rings (SSSR count). The molecule has 0 radical (unpaired) electrons. The summed E-state index contributed by atoms with van der Waals surface area (Å²) in [4.78, 5) is 13.9. The topological polar surface area (TPSA) is 58.4 Å². The van der Waals surface area contributed by atoms with Crippen molar-refractivity contribution in [2.24, 2.45) is 7.05 Å². The lowest BCUT2D eigenvalue weighted by atomic mass is 10.0. The molecule has 0 aliphatic carbocycles. The average Bonchev–Trinajstić information content (AvgIpc) is 2.61. The van der Waals surface area contributed by atoms with Crippen molar-refractivity contribution in [3.8, 4) is 0 Å². The summed E-state index contributed by atoms with van der Waals surface area (Å²) < 4.78 is 1.86. The van der Waals surface area contributed by atoms with E-state index in [9.17, 15) is 9.90 Å². The lowest BCUT2D eigenvalue weighted by Gasteiger charge is -2.30. The van der Waals surface area contributed by atoms with Crippen LogP contribution in [-0.2, 0) is 18.3 Å². The average molecular weight is 265 g/mol. The maximum atomic E-state index is 12.1. The van der Waals surface area contributed by atoms with Gasteiger partial charge >= 0.3 is 0 Å². The molecule has 1 amide bonds. The predicted molar refractivity (Wildman–Crippen MR) is 72.8 cm³/mol. The molecule has 0 saturated carbocycles. The molecule has 1 unspecified atom stereocenters. The van der Waals surface area contributed by atoms with E-state index < -0.39 is 0 Å². The number of piperidine rings is 1. The van der Waals surface area contributed by atoms with Crippen molar-refractivity contribution < 1.29 is 9.90 Å². The van der Waals surface area contributed by atoms with Crippen LogP contribution in [0.15, 0.2) is 0 Å². The maximum absolute atomic E-state index is 12.1. The first-order valence-corrected chi connectivity index (χ1v) is 6.94. The van der Waals surface area contributed by atoms with Gasteiger partial charge in [0.2, 0.25) is 5.91 Å². The van der Waals surface area contributed by atoms with Gasteiger partial charge in [-0.05, 0) is 38.7 Å². The van der Waals surface area contributed by atoms with E-state index in [1.807, 2.05) is 25.6 Å². The fourth-order valence-corrected chi connectivity index (χ4v) is 2.75. The second kappa shape index (κ2) is 5.74. The van der Waals surface area contributed by atoms with Gasteiger partial charge in [0.15, 0.2) is 0 Å². The number of amides is 1. The zero-order valence-corrected chi connectivity index (χ0v) is 12.0. The van der Waals surface area contributed by atoms with Crippen LogP contribution >= 0.6 is 0 Å². The third-order valence-corrected chi connectivity index (χ3v) is 4.00. The Kier molecular flexibility index (Phi) is 4.24. The molecule has 19 heavy (non-hydrogen) atoms. The van der Waals surface area contributed by atoms with Crippen molar-refractivity contribution in [2.75, 3.05) is 13.1 Å². The summed E-state index contributed by atoms with van der Waals surface area (Å²) in [6.45, 7) is 5.28. The van der Waals surface area contributed by atoms with Gasteiger partial charge < -0.3 is 10.0 Å². The Labute approximate surface area is 114 Å². The lowest BCUT2D eigenvalue weighted by Crippen LogP contribution is -2.42. The zero-order valence-electron chi connectivity index (χ0n) is 12.0. The molecule has 1 aromatic heterocycles. The highest BCUT2D eigenvalue weighted by Gasteiger charge is 2.22. The van der Waals surface area contributed by atoms with Crippen LogP contribution < -0.4 is 0 Å². The zero-order chi connectivity index (χ0) is 14.0. The minimum atomic E-state index is -0.348. The van der Waals surface area contributed by atoms with Gasteiger partial charge in [0, 0.05) is 32.3 Å². The minimum Gasteiger partial charge on any atom is -0.391 e. The number of aryl methyl sites for hydroxylation is 2. The fourth-order valence-electron chi connectivity index (χ4n) is 2.75. The Morgan fingerprint density at radius 1 is 1.47 bits per heavy atom. The number of likely N-dealkylation sites (tertiary alicyclic amines) is 1. The first-order chi connectivity index (χ1) is 8.99. The molecule has 5 heteroatoms. The Bertz CT molecular complexity index is 468.